The average molecular weight is 386 g/mol. The summed E-state index contributed by atoms with van der Waals surface area (Å²) in [7, 11) is 0. The highest BCUT2D eigenvalue weighted by Crippen LogP contribution is 2.71. The molecule has 2 heterocycles. The van der Waals surface area contributed by atoms with Crippen LogP contribution in [0, 0.1) is 23.7 Å². The van der Waals surface area contributed by atoms with E-state index in [9.17, 15) is 19.2 Å². The van der Waals surface area contributed by atoms with Crippen molar-refractivity contribution in [2.24, 2.45) is 23.7 Å². The number of alkyl halides is 2. The molecular formula is C12H4Cl4O6. The number of carbonyl (C=O) groups excluding carboxylic acids is 4. The van der Waals surface area contributed by atoms with Crippen molar-refractivity contribution in [1.29, 1.82) is 0 Å². The van der Waals surface area contributed by atoms with E-state index in [1.54, 1.807) is 0 Å². The largest absolute Gasteiger partial charge is 0.393 e. The van der Waals surface area contributed by atoms with Crippen molar-refractivity contribution >= 4 is 70.3 Å². The van der Waals surface area contributed by atoms with Crippen molar-refractivity contribution in [3.63, 3.8) is 0 Å². The van der Waals surface area contributed by atoms with Crippen LogP contribution in [0.1, 0.15) is 0 Å². The molecule has 0 amide bonds. The minimum atomic E-state index is -1.89. The molecule has 3 fully saturated rings. The second kappa shape index (κ2) is 3.98. The van der Waals surface area contributed by atoms with Crippen LogP contribution in [-0.4, -0.2) is 33.6 Å². The third-order valence-electron chi connectivity index (χ3n) is 4.76. The zero-order chi connectivity index (χ0) is 16.2. The lowest BCUT2D eigenvalue weighted by atomic mass is 9.53. The van der Waals surface area contributed by atoms with Crippen LogP contribution in [0.15, 0.2) is 10.1 Å². The van der Waals surface area contributed by atoms with Gasteiger partial charge in [-0.1, -0.05) is 23.2 Å². The fraction of sp³-hybridized carbons (Fsp3) is 0.500. The minimum Gasteiger partial charge on any atom is -0.393 e. The maximum atomic E-state index is 12.0. The molecule has 6 nitrogen and oxygen atoms in total. The van der Waals surface area contributed by atoms with Gasteiger partial charge >= 0.3 is 23.9 Å². The Bertz CT molecular complexity index is 627. The van der Waals surface area contributed by atoms with E-state index in [2.05, 4.69) is 9.47 Å². The summed E-state index contributed by atoms with van der Waals surface area (Å²) in [6.07, 6.45) is 0. The van der Waals surface area contributed by atoms with E-state index >= 15 is 0 Å². The van der Waals surface area contributed by atoms with E-state index in [-0.39, 0.29) is 10.1 Å². The van der Waals surface area contributed by atoms with Crippen LogP contribution in [0.2, 0.25) is 0 Å². The lowest BCUT2D eigenvalue weighted by Gasteiger charge is -2.55. The predicted octanol–water partition coefficient (Wildman–Crippen LogP) is 1.29. The van der Waals surface area contributed by atoms with Crippen LogP contribution < -0.4 is 0 Å². The molecule has 0 aromatic carbocycles. The SMILES string of the molecule is O=C1OC(=O)[C@H]2[C@@H]1C1(Cl)C(Cl)=C(Cl)C2(Cl)[C@H]2C(=O)OC(=O)[C@@H]21. The van der Waals surface area contributed by atoms with Gasteiger partial charge in [-0.15, -0.1) is 23.2 Å². The summed E-state index contributed by atoms with van der Waals surface area (Å²) in [6, 6.07) is 0. The van der Waals surface area contributed by atoms with Crippen LogP contribution in [0.4, 0.5) is 0 Å². The van der Waals surface area contributed by atoms with Gasteiger partial charge in [-0.2, -0.15) is 0 Å². The van der Waals surface area contributed by atoms with E-state index < -0.39 is 57.3 Å². The van der Waals surface area contributed by atoms with Gasteiger partial charge in [0.2, 0.25) is 0 Å². The van der Waals surface area contributed by atoms with Crippen molar-refractivity contribution in [1.82, 2.24) is 0 Å². The monoisotopic (exact) mass is 384 g/mol. The van der Waals surface area contributed by atoms with Crippen molar-refractivity contribution in [3.8, 4) is 0 Å². The third kappa shape index (κ3) is 1.25. The van der Waals surface area contributed by atoms with Gasteiger partial charge in [-0.25, -0.2) is 0 Å². The molecule has 1 saturated carbocycles. The molecule has 6 atom stereocenters. The highest BCUT2D eigenvalue weighted by molar-refractivity contribution is 6.52. The Morgan fingerprint density at radius 3 is 1.09 bits per heavy atom. The summed E-state index contributed by atoms with van der Waals surface area (Å²) < 4.78 is 9.20. The van der Waals surface area contributed by atoms with Gasteiger partial charge < -0.3 is 9.47 Å². The fourth-order valence-electron chi connectivity index (χ4n) is 3.92. The van der Waals surface area contributed by atoms with Crippen molar-refractivity contribution in [2.75, 3.05) is 0 Å². The molecule has 5 aliphatic rings. The standard InChI is InChI=1S/C12H4Cl4O6/c13-5-6(14)12(16)2-1(7(17)21-8(2)18)11(5,15)3-4(12)10(20)22-9(3)19/h1-4H/t1-,2-,3-,4+,11?,12?/m1/s1. The van der Waals surface area contributed by atoms with Gasteiger partial charge in [-0.3, -0.25) is 19.2 Å². The molecule has 22 heavy (non-hydrogen) atoms. The lowest BCUT2D eigenvalue weighted by molar-refractivity contribution is -0.154. The number of esters is 4. The fourth-order valence-corrected chi connectivity index (χ4v) is 5.85. The van der Waals surface area contributed by atoms with Gasteiger partial charge in [0.05, 0.1) is 33.7 Å². The number of carbonyl (C=O) groups is 4. The first-order chi connectivity index (χ1) is 10.2. The Labute approximate surface area is 142 Å². The third-order valence-corrected chi connectivity index (χ3v) is 7.37. The molecule has 2 saturated heterocycles. The van der Waals surface area contributed by atoms with Crippen LogP contribution in [0.3, 0.4) is 0 Å². The molecule has 3 aliphatic carbocycles. The summed E-state index contributed by atoms with van der Waals surface area (Å²) in [4.78, 5) is 44.4. The Morgan fingerprint density at radius 2 is 0.864 bits per heavy atom. The normalized spacial score (nSPS) is 49.3. The van der Waals surface area contributed by atoms with Crippen LogP contribution in [-0.2, 0) is 28.7 Å². The van der Waals surface area contributed by atoms with Gasteiger partial charge in [0, 0.05) is 0 Å². The smallest absolute Gasteiger partial charge is 0.319 e. The highest BCUT2D eigenvalue weighted by Gasteiger charge is 2.82. The zero-order valence-corrected chi connectivity index (χ0v) is 13.3. The van der Waals surface area contributed by atoms with E-state index in [0.717, 1.165) is 0 Å². The molecule has 5 rings (SSSR count). The summed E-state index contributed by atoms with van der Waals surface area (Å²) in [5.74, 6) is -9.07. The first-order valence-corrected chi connectivity index (χ1v) is 7.63. The highest BCUT2D eigenvalue weighted by atomic mass is 35.5. The summed E-state index contributed by atoms with van der Waals surface area (Å²) in [5, 5.41) is -0.488. The topological polar surface area (TPSA) is 86.7 Å². The molecule has 2 bridgehead atoms. The minimum absolute atomic E-state index is 0.244. The summed E-state index contributed by atoms with van der Waals surface area (Å²) in [5.41, 5.74) is 0. The number of halogens is 4. The van der Waals surface area contributed by atoms with Gasteiger partial charge in [0.15, 0.2) is 0 Å². The van der Waals surface area contributed by atoms with E-state index in [4.69, 9.17) is 46.4 Å². The number of rotatable bonds is 0. The molecule has 10 heteroatoms. The molecule has 2 unspecified atom stereocenters. The summed E-state index contributed by atoms with van der Waals surface area (Å²) >= 11 is 25.3. The molecule has 0 radical (unpaired) electrons. The predicted molar refractivity (Wildman–Crippen MR) is 72.1 cm³/mol. The quantitative estimate of drug-likeness (QED) is 0.354. The van der Waals surface area contributed by atoms with Gasteiger partial charge in [0.25, 0.3) is 0 Å². The van der Waals surface area contributed by atoms with E-state index in [1.165, 1.54) is 0 Å². The van der Waals surface area contributed by atoms with Crippen LogP contribution in [0.25, 0.3) is 0 Å². The molecular weight excluding hydrogens is 382 g/mol. The lowest BCUT2D eigenvalue weighted by Crippen LogP contribution is -2.68. The maximum absolute atomic E-state index is 12.0. The second-order valence-corrected chi connectivity index (χ2v) is 7.56. The molecule has 0 N–H and O–H groups in total. The number of hydrogen-bond donors (Lipinski definition) is 0. The van der Waals surface area contributed by atoms with Crippen molar-refractivity contribution < 1.29 is 28.7 Å². The second-order valence-electron chi connectivity index (χ2n) is 5.56. The Balaban J connectivity index is 2.10. The summed E-state index contributed by atoms with van der Waals surface area (Å²) in [6.45, 7) is 0. The van der Waals surface area contributed by atoms with E-state index in [1.807, 2.05) is 0 Å². The Hall–Kier alpha value is -0.820. The molecule has 0 aromatic heterocycles. The number of cyclic esters (lactones) is 4. The van der Waals surface area contributed by atoms with Gasteiger partial charge in [0.1, 0.15) is 9.75 Å². The molecule has 0 spiro atoms. The number of allylic oxidation sites excluding steroid dienone is 2. The zero-order valence-electron chi connectivity index (χ0n) is 10.3. The van der Waals surface area contributed by atoms with Crippen molar-refractivity contribution in [2.45, 2.75) is 9.75 Å². The molecule has 2 aliphatic heterocycles. The van der Waals surface area contributed by atoms with Crippen molar-refractivity contribution in [3.05, 3.63) is 10.1 Å². The Morgan fingerprint density at radius 1 is 0.636 bits per heavy atom. The first-order valence-electron chi connectivity index (χ1n) is 6.11. The van der Waals surface area contributed by atoms with Crippen LogP contribution in [0.5, 0.6) is 0 Å². The van der Waals surface area contributed by atoms with Gasteiger partial charge in [-0.05, 0) is 0 Å². The number of hydrogen-bond acceptors (Lipinski definition) is 6. The van der Waals surface area contributed by atoms with Crippen LogP contribution >= 0.6 is 46.4 Å². The molecule has 116 valence electrons. The number of ether oxygens (including phenoxy) is 2. The first kappa shape index (κ1) is 14.8. The average Bonchev–Trinajstić information content (AvgIpc) is 2.91. The maximum Gasteiger partial charge on any atom is 0.319 e. The van der Waals surface area contributed by atoms with E-state index in [0.29, 0.717) is 0 Å². The molecule has 0 aromatic rings. The Kier molecular flexibility index (Phi) is 2.67.